The number of anilines is 2. The van der Waals surface area contributed by atoms with Crippen LogP contribution in [0.25, 0.3) is 10.2 Å². The molecule has 3 aromatic rings. The van der Waals surface area contributed by atoms with Gasteiger partial charge in [-0.15, -0.1) is 11.3 Å². The number of piperazine rings is 1. The fourth-order valence-corrected chi connectivity index (χ4v) is 5.99. The van der Waals surface area contributed by atoms with Crippen LogP contribution in [0.5, 0.6) is 0 Å². The zero-order valence-electron chi connectivity index (χ0n) is 17.5. The van der Waals surface area contributed by atoms with E-state index in [1.54, 1.807) is 0 Å². The summed E-state index contributed by atoms with van der Waals surface area (Å²) >= 11 is 7.96. The van der Waals surface area contributed by atoms with Gasteiger partial charge in [-0.25, -0.2) is 4.98 Å². The number of hydrogen-bond acceptors (Lipinski definition) is 6. The fourth-order valence-electron chi connectivity index (χ4n) is 4.61. The van der Waals surface area contributed by atoms with Gasteiger partial charge in [0.2, 0.25) is 0 Å². The van der Waals surface area contributed by atoms with E-state index in [-0.39, 0.29) is 5.91 Å². The van der Waals surface area contributed by atoms with Gasteiger partial charge in [-0.3, -0.25) is 4.79 Å². The average molecular weight is 456 g/mol. The van der Waals surface area contributed by atoms with Crippen molar-refractivity contribution in [1.82, 2.24) is 15.6 Å². The van der Waals surface area contributed by atoms with Gasteiger partial charge < -0.3 is 21.3 Å². The number of carbonyl (C=O) groups excluding carboxylic acids is 1. The van der Waals surface area contributed by atoms with Crippen molar-refractivity contribution < 1.29 is 4.79 Å². The highest BCUT2D eigenvalue weighted by Gasteiger charge is 2.32. The third kappa shape index (κ3) is 4.10. The number of aryl methyl sites for hydroxylation is 1. The van der Waals surface area contributed by atoms with Gasteiger partial charge in [0, 0.05) is 42.8 Å². The minimum atomic E-state index is -0.155. The van der Waals surface area contributed by atoms with Gasteiger partial charge in [-0.1, -0.05) is 17.7 Å². The van der Waals surface area contributed by atoms with Gasteiger partial charge in [-0.2, -0.15) is 0 Å². The van der Waals surface area contributed by atoms with Gasteiger partial charge in [-0.05, 0) is 56.0 Å². The number of amides is 1. The van der Waals surface area contributed by atoms with Gasteiger partial charge in [0.15, 0.2) is 0 Å². The van der Waals surface area contributed by atoms with Crippen LogP contribution in [0.3, 0.4) is 0 Å². The molecule has 0 aliphatic carbocycles. The van der Waals surface area contributed by atoms with Gasteiger partial charge in [0.25, 0.3) is 5.91 Å². The number of rotatable bonds is 5. The van der Waals surface area contributed by atoms with Gasteiger partial charge >= 0.3 is 0 Å². The number of carbonyl (C=O) groups is 1. The van der Waals surface area contributed by atoms with E-state index in [1.165, 1.54) is 24.2 Å². The number of fused-ring (bicyclic) bond motifs is 3. The van der Waals surface area contributed by atoms with Crippen molar-refractivity contribution >= 4 is 50.4 Å². The second kappa shape index (κ2) is 8.30. The van der Waals surface area contributed by atoms with E-state index >= 15 is 0 Å². The predicted molar refractivity (Wildman–Crippen MR) is 128 cm³/mol. The summed E-state index contributed by atoms with van der Waals surface area (Å²) in [6, 6.07) is 11.2. The molecule has 162 valence electrons. The summed E-state index contributed by atoms with van der Waals surface area (Å²) in [5, 5.41) is 8.25. The maximum Gasteiger partial charge on any atom is 0.263 e. The van der Waals surface area contributed by atoms with Crippen molar-refractivity contribution in [3.05, 3.63) is 51.5 Å². The zero-order chi connectivity index (χ0) is 21.5. The molecule has 2 unspecified atom stereocenters. The molecule has 2 saturated heterocycles. The van der Waals surface area contributed by atoms with Gasteiger partial charge in [0.05, 0.1) is 16.4 Å². The molecular weight excluding hydrogens is 430 g/mol. The molecule has 2 bridgehead atoms. The van der Waals surface area contributed by atoms with Crippen LogP contribution in [0.15, 0.2) is 30.3 Å². The molecule has 0 spiro atoms. The summed E-state index contributed by atoms with van der Waals surface area (Å²) < 4.78 is 0. The van der Waals surface area contributed by atoms with Crippen LogP contribution in [-0.4, -0.2) is 42.6 Å². The molecule has 2 aliphatic heterocycles. The van der Waals surface area contributed by atoms with Crippen LogP contribution in [0.4, 0.5) is 11.4 Å². The largest absolute Gasteiger partial charge is 0.397 e. The highest BCUT2D eigenvalue weighted by atomic mass is 35.5. The van der Waals surface area contributed by atoms with Crippen molar-refractivity contribution in [2.45, 2.75) is 38.3 Å². The first-order valence-electron chi connectivity index (χ1n) is 10.7. The van der Waals surface area contributed by atoms with E-state index in [9.17, 15) is 4.79 Å². The molecule has 0 saturated carbocycles. The molecule has 4 N–H and O–H groups in total. The molecule has 1 amide bonds. The topological polar surface area (TPSA) is 83.3 Å². The Bertz CT molecular complexity index is 1130. The van der Waals surface area contributed by atoms with Crippen molar-refractivity contribution in [2.75, 3.05) is 30.3 Å². The standard InChI is InChI=1S/C23H26ClN5OS/c1-13-2-6-17-20(25)21(31-23(17)27-13)22(30)26-9-8-14-3-7-19(18(24)10-14)29-11-15-4-5-16(12-29)28-15/h2-3,6-7,10,15-16,28H,4-5,8-9,11-12,25H2,1H3,(H,26,30). The SMILES string of the molecule is Cc1ccc2c(N)c(C(=O)NCCc3ccc(N4CC5CCC(C4)N5)c(Cl)c3)sc2n1. The lowest BCUT2D eigenvalue weighted by Crippen LogP contribution is -2.51. The first kappa shape index (κ1) is 20.5. The Morgan fingerprint density at radius 1 is 1.29 bits per heavy atom. The van der Waals surface area contributed by atoms with Crippen LogP contribution in [0.1, 0.15) is 33.8 Å². The number of nitrogens with zero attached hydrogens (tertiary/aromatic N) is 2. The highest BCUT2D eigenvalue weighted by molar-refractivity contribution is 7.21. The Labute approximate surface area is 190 Å². The first-order chi connectivity index (χ1) is 15.0. The van der Waals surface area contributed by atoms with Crippen LogP contribution in [0, 0.1) is 6.92 Å². The minimum absolute atomic E-state index is 0.155. The van der Waals surface area contributed by atoms with Crippen LogP contribution < -0.4 is 21.3 Å². The summed E-state index contributed by atoms with van der Waals surface area (Å²) in [7, 11) is 0. The molecule has 2 atom stereocenters. The fraction of sp³-hybridized carbons (Fsp3) is 0.391. The van der Waals surface area contributed by atoms with E-state index in [0.717, 1.165) is 45.3 Å². The quantitative estimate of drug-likeness (QED) is 0.545. The van der Waals surface area contributed by atoms with Crippen molar-refractivity contribution in [2.24, 2.45) is 0 Å². The maximum absolute atomic E-state index is 12.7. The molecule has 6 nitrogen and oxygen atoms in total. The third-order valence-corrected chi connectivity index (χ3v) is 7.62. The molecule has 0 radical (unpaired) electrons. The number of benzene rings is 1. The van der Waals surface area contributed by atoms with Gasteiger partial charge in [0.1, 0.15) is 9.71 Å². The molecule has 5 rings (SSSR count). The number of nitrogen functional groups attached to an aromatic ring is 1. The number of nitrogens with two attached hydrogens (primary N) is 1. The number of hydrogen-bond donors (Lipinski definition) is 3. The van der Waals surface area contributed by atoms with Crippen LogP contribution >= 0.6 is 22.9 Å². The number of pyridine rings is 1. The normalized spacial score (nSPS) is 20.4. The average Bonchev–Trinajstić information content (AvgIpc) is 3.26. The molecule has 2 fully saturated rings. The Morgan fingerprint density at radius 3 is 2.81 bits per heavy atom. The molecule has 1 aromatic carbocycles. The van der Waals surface area contributed by atoms with Crippen LogP contribution in [-0.2, 0) is 6.42 Å². The molecule has 4 heterocycles. The summed E-state index contributed by atoms with van der Waals surface area (Å²) in [5.74, 6) is -0.155. The van der Waals surface area contributed by atoms with E-state index in [2.05, 4.69) is 32.7 Å². The summed E-state index contributed by atoms with van der Waals surface area (Å²) in [4.78, 5) is 20.8. The third-order valence-electron chi connectivity index (χ3n) is 6.21. The smallest absolute Gasteiger partial charge is 0.263 e. The Balaban J connectivity index is 1.21. The van der Waals surface area contributed by atoms with E-state index in [1.807, 2.05) is 25.1 Å². The van der Waals surface area contributed by atoms with E-state index < -0.39 is 0 Å². The predicted octanol–water partition coefficient (Wildman–Crippen LogP) is 3.75. The first-order valence-corrected chi connectivity index (χ1v) is 11.9. The van der Waals surface area contributed by atoms with Crippen molar-refractivity contribution in [3.63, 3.8) is 0 Å². The Hall–Kier alpha value is -2.35. The number of nitrogens with one attached hydrogen (secondary N) is 2. The van der Waals surface area contributed by atoms with Crippen molar-refractivity contribution in [1.29, 1.82) is 0 Å². The summed E-state index contributed by atoms with van der Waals surface area (Å²) in [6.07, 6.45) is 3.20. The Morgan fingerprint density at radius 2 is 2.06 bits per heavy atom. The number of halogens is 1. The molecular formula is C23H26ClN5OS. The summed E-state index contributed by atoms with van der Waals surface area (Å²) in [6.45, 7) is 4.47. The lowest BCUT2D eigenvalue weighted by atomic mass is 10.1. The van der Waals surface area contributed by atoms with Crippen LogP contribution in [0.2, 0.25) is 5.02 Å². The molecule has 8 heteroatoms. The molecule has 2 aromatic heterocycles. The zero-order valence-corrected chi connectivity index (χ0v) is 19.0. The Kier molecular flexibility index (Phi) is 5.50. The van der Waals surface area contributed by atoms with E-state index in [0.29, 0.717) is 35.6 Å². The number of aromatic nitrogens is 1. The van der Waals surface area contributed by atoms with Crippen molar-refractivity contribution in [3.8, 4) is 0 Å². The minimum Gasteiger partial charge on any atom is -0.397 e. The maximum atomic E-state index is 12.7. The monoisotopic (exact) mass is 455 g/mol. The lowest BCUT2D eigenvalue weighted by Gasteiger charge is -2.35. The molecule has 2 aliphatic rings. The second-order valence-electron chi connectivity index (χ2n) is 8.48. The highest BCUT2D eigenvalue weighted by Crippen LogP contribution is 2.33. The van der Waals surface area contributed by atoms with E-state index in [4.69, 9.17) is 17.3 Å². The second-order valence-corrected chi connectivity index (χ2v) is 9.89. The summed E-state index contributed by atoms with van der Waals surface area (Å²) in [5.41, 5.74) is 9.81. The molecule has 31 heavy (non-hydrogen) atoms. The lowest BCUT2D eigenvalue weighted by molar-refractivity contribution is 0.0959. The number of thiophene rings is 1.